The van der Waals surface area contributed by atoms with E-state index >= 15 is 0 Å². The van der Waals surface area contributed by atoms with Crippen LogP contribution in [0.3, 0.4) is 0 Å². The van der Waals surface area contributed by atoms with Crippen molar-refractivity contribution < 1.29 is 14.3 Å². The van der Waals surface area contributed by atoms with E-state index in [9.17, 15) is 14.3 Å². The minimum Gasteiger partial charge on any atom is -0.507 e. The van der Waals surface area contributed by atoms with E-state index < -0.39 is 11.6 Å². The van der Waals surface area contributed by atoms with Gasteiger partial charge in [0.25, 0.3) is 0 Å². The molecule has 0 fully saturated rings. The van der Waals surface area contributed by atoms with Crippen LogP contribution in [-0.4, -0.2) is 29.9 Å². The molecule has 0 amide bonds. The van der Waals surface area contributed by atoms with Gasteiger partial charge in [-0.2, -0.15) is 0 Å². The molecule has 1 aromatic rings. The van der Waals surface area contributed by atoms with Crippen LogP contribution in [0.2, 0.25) is 0 Å². The molecule has 0 radical (unpaired) electrons. The number of allylic oxidation sites excluding steroid dienone is 1. The van der Waals surface area contributed by atoms with Crippen LogP contribution >= 0.6 is 0 Å². The maximum atomic E-state index is 13.3. The third-order valence-corrected chi connectivity index (χ3v) is 2.02. The largest absolute Gasteiger partial charge is 0.507 e. The van der Waals surface area contributed by atoms with Gasteiger partial charge in [-0.05, 0) is 12.1 Å². The summed E-state index contributed by atoms with van der Waals surface area (Å²) >= 11 is 0. The van der Waals surface area contributed by atoms with Crippen molar-refractivity contribution in [3.05, 3.63) is 41.9 Å². The number of hydrogen-bond donors (Lipinski definition) is 1. The molecule has 0 atom stereocenters. The lowest BCUT2D eigenvalue weighted by molar-refractivity contribution is 0.0998. The summed E-state index contributed by atoms with van der Waals surface area (Å²) < 4.78 is 13.3. The minimum atomic E-state index is -0.747. The monoisotopic (exact) mass is 209 g/mol. The number of benzene rings is 1. The second kappa shape index (κ2) is 4.13. The second-order valence-corrected chi connectivity index (χ2v) is 3.30. The fourth-order valence-electron chi connectivity index (χ4n) is 1.08. The van der Waals surface area contributed by atoms with Crippen molar-refractivity contribution >= 4 is 5.78 Å². The lowest BCUT2D eigenvalue weighted by atomic mass is 10.1. The highest BCUT2D eigenvalue weighted by Crippen LogP contribution is 2.22. The lowest BCUT2D eigenvalue weighted by Gasteiger charge is -2.15. The summed E-state index contributed by atoms with van der Waals surface area (Å²) in [6, 6.07) is 3.72. The molecule has 0 saturated carbocycles. The zero-order chi connectivity index (χ0) is 11.6. The Morgan fingerprint density at radius 1 is 1.47 bits per heavy atom. The van der Waals surface area contributed by atoms with E-state index in [4.69, 9.17) is 0 Å². The van der Waals surface area contributed by atoms with Crippen LogP contribution in [0.4, 0.5) is 4.39 Å². The topological polar surface area (TPSA) is 40.5 Å². The number of halogens is 1. The summed E-state index contributed by atoms with van der Waals surface area (Å²) in [7, 11) is 3.25. The van der Waals surface area contributed by atoms with Crippen molar-refractivity contribution in [1.82, 2.24) is 4.90 Å². The number of aromatic hydroxyl groups is 1. The third-order valence-electron chi connectivity index (χ3n) is 2.02. The highest BCUT2D eigenvalue weighted by atomic mass is 19.1. The molecule has 0 heterocycles. The molecule has 0 aliphatic rings. The molecular weight excluding hydrogens is 197 g/mol. The molecule has 0 aromatic heterocycles. The van der Waals surface area contributed by atoms with Gasteiger partial charge in [0.2, 0.25) is 5.78 Å². The summed E-state index contributed by atoms with van der Waals surface area (Å²) in [5.74, 6) is -1.73. The van der Waals surface area contributed by atoms with Crippen molar-refractivity contribution in [3.63, 3.8) is 0 Å². The number of likely N-dealkylation sites (N-methyl/N-ethyl adjacent to an activating group) is 1. The van der Waals surface area contributed by atoms with Crippen LogP contribution in [0.1, 0.15) is 10.4 Å². The van der Waals surface area contributed by atoms with Gasteiger partial charge < -0.3 is 10.0 Å². The van der Waals surface area contributed by atoms with Crippen LogP contribution < -0.4 is 0 Å². The molecule has 0 unspecified atom stereocenters. The van der Waals surface area contributed by atoms with E-state index in [0.29, 0.717) is 0 Å². The van der Waals surface area contributed by atoms with Gasteiger partial charge in [-0.25, -0.2) is 4.39 Å². The standard InChI is InChI=1S/C11H12FNO2/c1-7(13(2)3)11(15)10-8(12)5-4-6-9(10)14/h4-6,14H,1H2,2-3H3. The second-order valence-electron chi connectivity index (χ2n) is 3.30. The van der Waals surface area contributed by atoms with E-state index in [-0.39, 0.29) is 17.0 Å². The summed E-state index contributed by atoms with van der Waals surface area (Å²) in [5, 5.41) is 9.37. The van der Waals surface area contributed by atoms with Gasteiger partial charge in [0.1, 0.15) is 17.1 Å². The number of phenolic OH excluding ortho intramolecular Hbond substituents is 1. The van der Waals surface area contributed by atoms with Crippen LogP contribution in [0.5, 0.6) is 5.75 Å². The molecule has 0 saturated heterocycles. The van der Waals surface area contributed by atoms with Crippen LogP contribution in [-0.2, 0) is 0 Å². The van der Waals surface area contributed by atoms with Gasteiger partial charge in [-0.3, -0.25) is 4.79 Å². The minimum absolute atomic E-state index is 0.121. The lowest BCUT2D eigenvalue weighted by Crippen LogP contribution is -2.19. The quantitative estimate of drug-likeness (QED) is 0.609. The van der Waals surface area contributed by atoms with E-state index in [1.807, 2.05) is 0 Å². The van der Waals surface area contributed by atoms with Gasteiger partial charge in [0.05, 0.1) is 5.70 Å². The van der Waals surface area contributed by atoms with Crippen molar-refractivity contribution in [3.8, 4) is 5.75 Å². The normalized spacial score (nSPS) is 9.80. The van der Waals surface area contributed by atoms with Gasteiger partial charge in [-0.15, -0.1) is 0 Å². The predicted octanol–water partition coefficient (Wildman–Crippen LogP) is 1.79. The van der Waals surface area contributed by atoms with Crippen molar-refractivity contribution in [1.29, 1.82) is 0 Å². The SMILES string of the molecule is C=C(C(=O)c1c(O)cccc1F)N(C)C. The Morgan fingerprint density at radius 3 is 2.53 bits per heavy atom. The zero-order valence-corrected chi connectivity index (χ0v) is 8.62. The first-order chi connectivity index (χ1) is 6.95. The molecule has 4 heteroatoms. The molecular formula is C11H12FNO2. The van der Waals surface area contributed by atoms with E-state index in [1.165, 1.54) is 17.0 Å². The summed E-state index contributed by atoms with van der Waals surface area (Å²) in [6.45, 7) is 3.51. The molecule has 1 rings (SSSR count). The van der Waals surface area contributed by atoms with Crippen LogP contribution in [0.15, 0.2) is 30.5 Å². The molecule has 3 nitrogen and oxygen atoms in total. The first kappa shape index (κ1) is 11.2. The number of carbonyl (C=O) groups excluding carboxylic acids is 1. The zero-order valence-electron chi connectivity index (χ0n) is 8.62. The molecule has 0 spiro atoms. The van der Waals surface area contributed by atoms with Gasteiger partial charge >= 0.3 is 0 Å². The first-order valence-electron chi connectivity index (χ1n) is 4.33. The van der Waals surface area contributed by atoms with E-state index in [1.54, 1.807) is 14.1 Å². The average molecular weight is 209 g/mol. The highest BCUT2D eigenvalue weighted by molar-refractivity contribution is 6.09. The Morgan fingerprint density at radius 2 is 2.07 bits per heavy atom. The number of rotatable bonds is 3. The Labute approximate surface area is 87.4 Å². The number of nitrogens with zero attached hydrogens (tertiary/aromatic N) is 1. The molecule has 1 N–H and O–H groups in total. The Kier molecular flexibility index (Phi) is 3.09. The maximum Gasteiger partial charge on any atom is 0.215 e. The summed E-state index contributed by atoms with van der Waals surface area (Å²) in [5.41, 5.74) is -0.216. The fraction of sp³-hybridized carbons (Fsp3) is 0.182. The Hall–Kier alpha value is -1.84. The molecule has 0 aliphatic carbocycles. The molecule has 15 heavy (non-hydrogen) atoms. The summed E-state index contributed by atoms with van der Waals surface area (Å²) in [4.78, 5) is 13.2. The van der Waals surface area contributed by atoms with Crippen LogP contribution in [0.25, 0.3) is 0 Å². The first-order valence-corrected chi connectivity index (χ1v) is 4.33. The maximum absolute atomic E-state index is 13.3. The molecule has 1 aromatic carbocycles. The highest BCUT2D eigenvalue weighted by Gasteiger charge is 2.19. The fourth-order valence-corrected chi connectivity index (χ4v) is 1.08. The Balaban J connectivity index is 3.17. The van der Waals surface area contributed by atoms with Crippen LogP contribution in [0, 0.1) is 5.82 Å². The van der Waals surface area contributed by atoms with Gasteiger partial charge in [0.15, 0.2) is 0 Å². The smallest absolute Gasteiger partial charge is 0.215 e. The van der Waals surface area contributed by atoms with Crippen molar-refractivity contribution in [2.45, 2.75) is 0 Å². The molecule has 0 aliphatic heterocycles. The number of ketones is 1. The average Bonchev–Trinajstić information content (AvgIpc) is 2.15. The number of Topliss-reactive ketones (excluding diaryl/α,β-unsaturated/α-hetero) is 1. The Bertz CT molecular complexity index is 393. The number of hydrogen-bond acceptors (Lipinski definition) is 3. The number of carbonyl (C=O) groups is 1. The third kappa shape index (κ3) is 2.15. The number of phenols is 1. The predicted molar refractivity (Wildman–Crippen MR) is 55.2 cm³/mol. The van der Waals surface area contributed by atoms with Crippen molar-refractivity contribution in [2.75, 3.05) is 14.1 Å². The van der Waals surface area contributed by atoms with E-state index in [2.05, 4.69) is 6.58 Å². The van der Waals surface area contributed by atoms with Gasteiger partial charge in [0, 0.05) is 14.1 Å². The molecule has 0 bridgehead atoms. The van der Waals surface area contributed by atoms with Gasteiger partial charge in [-0.1, -0.05) is 12.6 Å². The van der Waals surface area contributed by atoms with E-state index in [0.717, 1.165) is 6.07 Å². The summed E-state index contributed by atoms with van der Waals surface area (Å²) in [6.07, 6.45) is 0. The molecule has 80 valence electrons. The van der Waals surface area contributed by atoms with Crippen molar-refractivity contribution in [2.24, 2.45) is 0 Å².